The molecule has 5 heteroatoms. The summed E-state index contributed by atoms with van der Waals surface area (Å²) < 4.78 is 12.7. The number of nitrogens with zero attached hydrogens (tertiary/aromatic N) is 2. The van der Waals surface area contributed by atoms with Crippen molar-refractivity contribution in [3.8, 4) is 22.8 Å². The van der Waals surface area contributed by atoms with Gasteiger partial charge in [-0.05, 0) is 37.6 Å². The molecular weight excluding hydrogens is 316 g/mol. The fraction of sp³-hybridized carbons (Fsp3) is 0.200. The SMILES string of the molecule is CCOC(=O)c1cn(C)cc1-c1ccc(Oc2cccc(C)n2)cc1. The van der Waals surface area contributed by atoms with Crippen LogP contribution >= 0.6 is 0 Å². The highest BCUT2D eigenvalue weighted by molar-refractivity contribution is 5.97. The summed E-state index contributed by atoms with van der Waals surface area (Å²) >= 11 is 0. The summed E-state index contributed by atoms with van der Waals surface area (Å²) in [7, 11) is 1.88. The lowest BCUT2D eigenvalue weighted by molar-refractivity contribution is 0.0527. The number of rotatable bonds is 5. The van der Waals surface area contributed by atoms with Crippen LogP contribution in [0.1, 0.15) is 23.0 Å². The van der Waals surface area contributed by atoms with Gasteiger partial charge < -0.3 is 14.0 Å². The second-order valence-electron chi connectivity index (χ2n) is 5.72. The van der Waals surface area contributed by atoms with Crippen molar-refractivity contribution in [2.75, 3.05) is 6.61 Å². The van der Waals surface area contributed by atoms with Gasteiger partial charge in [0.25, 0.3) is 0 Å². The Morgan fingerprint density at radius 3 is 2.56 bits per heavy atom. The van der Waals surface area contributed by atoms with E-state index in [0.717, 1.165) is 16.8 Å². The first kappa shape index (κ1) is 16.8. The van der Waals surface area contributed by atoms with Gasteiger partial charge in [-0.15, -0.1) is 0 Å². The van der Waals surface area contributed by atoms with E-state index in [2.05, 4.69) is 4.98 Å². The van der Waals surface area contributed by atoms with Gasteiger partial charge in [-0.25, -0.2) is 9.78 Å². The molecule has 0 bridgehead atoms. The molecule has 3 aromatic rings. The minimum Gasteiger partial charge on any atom is -0.462 e. The van der Waals surface area contributed by atoms with E-state index in [-0.39, 0.29) is 5.97 Å². The Balaban J connectivity index is 1.84. The molecule has 3 rings (SSSR count). The van der Waals surface area contributed by atoms with Gasteiger partial charge in [0.1, 0.15) is 5.75 Å². The maximum Gasteiger partial charge on any atom is 0.340 e. The van der Waals surface area contributed by atoms with E-state index in [1.54, 1.807) is 13.1 Å². The molecule has 0 spiro atoms. The lowest BCUT2D eigenvalue weighted by Gasteiger charge is -2.07. The van der Waals surface area contributed by atoms with Crippen LogP contribution in [0, 0.1) is 6.92 Å². The molecule has 1 aromatic carbocycles. The topological polar surface area (TPSA) is 53.4 Å². The Morgan fingerprint density at radius 1 is 1.12 bits per heavy atom. The lowest BCUT2D eigenvalue weighted by Crippen LogP contribution is -2.04. The number of hydrogen-bond acceptors (Lipinski definition) is 4. The Kier molecular flexibility index (Phi) is 4.84. The Morgan fingerprint density at radius 2 is 1.88 bits per heavy atom. The first-order valence-corrected chi connectivity index (χ1v) is 8.12. The van der Waals surface area contributed by atoms with Crippen molar-refractivity contribution in [2.45, 2.75) is 13.8 Å². The van der Waals surface area contributed by atoms with E-state index in [9.17, 15) is 4.79 Å². The zero-order valence-corrected chi connectivity index (χ0v) is 14.5. The standard InChI is InChI=1S/C20H20N2O3/c1-4-24-20(23)18-13-22(3)12-17(18)15-8-10-16(11-9-15)25-19-7-5-6-14(2)21-19/h5-13H,4H2,1-3H3. The number of pyridine rings is 1. The van der Waals surface area contributed by atoms with Crippen molar-refractivity contribution in [3.63, 3.8) is 0 Å². The summed E-state index contributed by atoms with van der Waals surface area (Å²) in [6, 6.07) is 13.2. The van der Waals surface area contributed by atoms with Gasteiger partial charge in [-0.1, -0.05) is 18.2 Å². The highest BCUT2D eigenvalue weighted by Gasteiger charge is 2.16. The molecule has 0 saturated carbocycles. The van der Waals surface area contributed by atoms with Crippen LogP contribution < -0.4 is 4.74 Å². The maximum atomic E-state index is 12.1. The van der Waals surface area contributed by atoms with Crippen molar-refractivity contribution < 1.29 is 14.3 Å². The number of ether oxygens (including phenoxy) is 2. The van der Waals surface area contributed by atoms with Crippen LogP contribution in [0.3, 0.4) is 0 Å². The lowest BCUT2D eigenvalue weighted by atomic mass is 10.0. The summed E-state index contributed by atoms with van der Waals surface area (Å²) in [5, 5.41) is 0. The summed E-state index contributed by atoms with van der Waals surface area (Å²) in [6.45, 7) is 4.07. The zero-order valence-electron chi connectivity index (χ0n) is 14.5. The predicted octanol–water partition coefficient (Wildman–Crippen LogP) is 4.36. The number of esters is 1. The zero-order chi connectivity index (χ0) is 17.8. The van der Waals surface area contributed by atoms with Crippen LogP contribution in [-0.4, -0.2) is 22.1 Å². The first-order chi connectivity index (χ1) is 12.1. The molecular formula is C20H20N2O3. The first-order valence-electron chi connectivity index (χ1n) is 8.12. The molecule has 0 unspecified atom stereocenters. The van der Waals surface area contributed by atoms with Crippen molar-refractivity contribution in [2.24, 2.45) is 7.05 Å². The maximum absolute atomic E-state index is 12.1. The van der Waals surface area contributed by atoms with Gasteiger partial charge in [-0.3, -0.25) is 0 Å². The quantitative estimate of drug-likeness (QED) is 0.650. The van der Waals surface area contributed by atoms with Crippen LogP contribution in [0.2, 0.25) is 0 Å². The molecule has 0 amide bonds. The molecule has 2 heterocycles. The van der Waals surface area contributed by atoms with Gasteiger partial charge in [0.2, 0.25) is 5.88 Å². The normalized spacial score (nSPS) is 10.5. The third-order valence-corrected chi connectivity index (χ3v) is 3.70. The number of aryl methyl sites for hydroxylation is 2. The molecule has 0 saturated heterocycles. The molecule has 0 atom stereocenters. The summed E-state index contributed by atoms with van der Waals surface area (Å²) in [5.41, 5.74) is 3.21. The molecule has 2 aromatic heterocycles. The van der Waals surface area contributed by atoms with Gasteiger partial charge in [0.05, 0.1) is 12.2 Å². The predicted molar refractivity (Wildman–Crippen MR) is 95.9 cm³/mol. The average molecular weight is 336 g/mol. The van der Waals surface area contributed by atoms with Crippen molar-refractivity contribution in [1.29, 1.82) is 0 Å². The molecule has 0 aliphatic carbocycles. The van der Waals surface area contributed by atoms with E-state index in [1.165, 1.54) is 0 Å². The number of carbonyl (C=O) groups excluding carboxylic acids is 1. The van der Waals surface area contributed by atoms with Gasteiger partial charge >= 0.3 is 5.97 Å². The highest BCUT2D eigenvalue weighted by Crippen LogP contribution is 2.28. The second kappa shape index (κ2) is 7.21. The van der Waals surface area contributed by atoms with Gasteiger partial charge in [0.15, 0.2) is 0 Å². The average Bonchev–Trinajstić information content (AvgIpc) is 2.98. The Hall–Kier alpha value is -3.08. The van der Waals surface area contributed by atoms with E-state index >= 15 is 0 Å². The molecule has 128 valence electrons. The molecule has 0 fully saturated rings. The summed E-state index contributed by atoms with van der Waals surface area (Å²) in [5.74, 6) is 0.928. The molecule has 0 N–H and O–H groups in total. The number of carbonyl (C=O) groups is 1. The smallest absolute Gasteiger partial charge is 0.340 e. The molecule has 0 radical (unpaired) electrons. The number of benzene rings is 1. The van der Waals surface area contributed by atoms with E-state index in [0.29, 0.717) is 23.8 Å². The third-order valence-electron chi connectivity index (χ3n) is 3.70. The van der Waals surface area contributed by atoms with Crippen LogP contribution in [-0.2, 0) is 11.8 Å². The van der Waals surface area contributed by atoms with E-state index in [4.69, 9.17) is 9.47 Å². The largest absolute Gasteiger partial charge is 0.462 e. The van der Waals surface area contributed by atoms with Crippen LogP contribution in [0.5, 0.6) is 11.6 Å². The number of aromatic nitrogens is 2. The summed E-state index contributed by atoms with van der Waals surface area (Å²) in [4.78, 5) is 16.4. The highest BCUT2D eigenvalue weighted by atomic mass is 16.5. The number of hydrogen-bond donors (Lipinski definition) is 0. The molecule has 25 heavy (non-hydrogen) atoms. The Labute approximate surface area is 146 Å². The van der Waals surface area contributed by atoms with Crippen LogP contribution in [0.25, 0.3) is 11.1 Å². The second-order valence-corrected chi connectivity index (χ2v) is 5.72. The van der Waals surface area contributed by atoms with Gasteiger partial charge in [-0.2, -0.15) is 0 Å². The van der Waals surface area contributed by atoms with E-state index < -0.39 is 0 Å². The fourth-order valence-electron chi connectivity index (χ4n) is 2.58. The monoisotopic (exact) mass is 336 g/mol. The van der Waals surface area contributed by atoms with Gasteiger partial charge in [0, 0.05) is 36.8 Å². The minimum atomic E-state index is -0.317. The van der Waals surface area contributed by atoms with E-state index in [1.807, 2.05) is 67.2 Å². The van der Waals surface area contributed by atoms with Crippen molar-refractivity contribution in [3.05, 3.63) is 66.1 Å². The van der Waals surface area contributed by atoms with Crippen LogP contribution in [0.15, 0.2) is 54.9 Å². The van der Waals surface area contributed by atoms with Crippen molar-refractivity contribution in [1.82, 2.24) is 9.55 Å². The molecule has 0 aliphatic heterocycles. The molecule has 0 aliphatic rings. The molecule has 5 nitrogen and oxygen atoms in total. The Bertz CT molecular complexity index is 882. The summed E-state index contributed by atoms with van der Waals surface area (Å²) in [6.07, 6.45) is 3.68. The van der Waals surface area contributed by atoms with Crippen LogP contribution in [0.4, 0.5) is 0 Å². The fourth-order valence-corrected chi connectivity index (χ4v) is 2.58. The third kappa shape index (κ3) is 3.88. The minimum absolute atomic E-state index is 0.317. The van der Waals surface area contributed by atoms with Crippen molar-refractivity contribution >= 4 is 5.97 Å².